The molecule has 11 heteroatoms. The molecule has 4 nitrogen and oxygen atoms in total. The van der Waals surface area contributed by atoms with Gasteiger partial charge in [-0.15, -0.1) is 22.8 Å². The fourth-order valence-electron chi connectivity index (χ4n) is 4.59. The smallest absolute Gasteiger partial charge is 0.793 e. The fourth-order valence-corrected chi connectivity index (χ4v) is 15.2. The van der Waals surface area contributed by atoms with Crippen molar-refractivity contribution in [1.82, 2.24) is 0 Å². The van der Waals surface area contributed by atoms with Gasteiger partial charge in [0.25, 0.3) is 0 Å². The van der Waals surface area contributed by atoms with Gasteiger partial charge < -0.3 is 18.8 Å². The number of hydrogen-bond acceptors (Lipinski definition) is 8. The Morgan fingerprint density at radius 2 is 0.767 bits per heavy atom. The Hall–Kier alpha value is 2.46. The molecule has 43 heavy (non-hydrogen) atoms. The van der Waals surface area contributed by atoms with E-state index in [0.29, 0.717) is 10.5 Å². The molecule has 0 aromatic heterocycles. The van der Waals surface area contributed by atoms with Gasteiger partial charge in [-0.05, 0) is 51.4 Å². The molecule has 0 aliphatic carbocycles. The van der Waals surface area contributed by atoms with Crippen LogP contribution in [0.5, 0.6) is 0 Å². The predicted molar refractivity (Wildman–Crippen MR) is 199 cm³/mol. The van der Waals surface area contributed by atoms with Gasteiger partial charge in [-0.2, -0.15) is 0 Å². The molecule has 0 amide bonds. The van der Waals surface area contributed by atoms with Crippen molar-refractivity contribution in [1.29, 1.82) is 0 Å². The summed E-state index contributed by atoms with van der Waals surface area (Å²) in [6, 6.07) is 0. The average Bonchev–Trinajstić information content (AvgIpc) is 2.95. The first-order valence-electron chi connectivity index (χ1n) is 17.3. The molecule has 0 saturated carbocycles. The predicted octanol–water partition coefficient (Wildman–Crippen LogP) is 12.1. The molecule has 0 spiro atoms. The maximum absolute atomic E-state index is 12.6. The molecule has 0 N–H and O–H groups in total. The third-order valence-electron chi connectivity index (χ3n) is 7.45. The van der Waals surface area contributed by atoms with Gasteiger partial charge in [-0.25, -0.2) is 0 Å². The van der Waals surface area contributed by atoms with Gasteiger partial charge >= 0.3 is 19.5 Å². The molecule has 0 aliphatic rings. The van der Waals surface area contributed by atoms with Crippen LogP contribution in [0.15, 0.2) is 0 Å². The van der Waals surface area contributed by atoms with Crippen molar-refractivity contribution in [2.75, 3.05) is 0 Å². The minimum Gasteiger partial charge on any atom is -0.793 e. The van der Waals surface area contributed by atoms with E-state index in [9.17, 15) is 9.79 Å². The van der Waals surface area contributed by atoms with Crippen LogP contribution in [0.3, 0.4) is 0 Å². The van der Waals surface area contributed by atoms with E-state index in [-0.39, 0.29) is 31.7 Å². The summed E-state index contributed by atoms with van der Waals surface area (Å²) in [5.74, 6) is 0. The van der Waals surface area contributed by atoms with E-state index in [4.69, 9.17) is 32.7 Å². The topological polar surface area (TPSA) is 64.6 Å². The van der Waals surface area contributed by atoms with E-state index < -0.39 is 11.4 Å². The standard InChI is InChI=1S/2C16H35O2PS2.Zn/c2*1-5-9-11-13-15(7-3)18-19(17,20)21-16(8-4)14-12-10-6-2;/h2*15-16H,5-14H2,1-4H3,(H,17,20);/q;;+2/p-2. The number of hydrogen-bond donors (Lipinski definition) is 0. The number of rotatable bonds is 28. The monoisotopic (exact) mass is 770 g/mol. The molecule has 0 radical (unpaired) electrons. The minimum absolute atomic E-state index is 0. The molecular weight excluding hydrogens is 704 g/mol. The van der Waals surface area contributed by atoms with Crippen molar-refractivity contribution >= 4 is 57.8 Å². The van der Waals surface area contributed by atoms with Crippen LogP contribution >= 0.6 is 34.2 Å². The second-order valence-electron chi connectivity index (χ2n) is 11.4. The van der Waals surface area contributed by atoms with E-state index in [1.54, 1.807) is 0 Å². The molecule has 6 atom stereocenters. The Kier molecular flexibility index (Phi) is 38.2. The first kappa shape index (κ1) is 49.8. The summed E-state index contributed by atoms with van der Waals surface area (Å²) >= 11 is 13.4. The average molecular weight is 772 g/mol. The molecule has 6 unspecified atom stereocenters. The van der Waals surface area contributed by atoms with Crippen molar-refractivity contribution in [3.63, 3.8) is 0 Å². The number of unbranched alkanes of at least 4 members (excludes halogenated alkanes) is 8. The first-order chi connectivity index (χ1) is 20.0. The Bertz CT molecular complexity index is 590. The summed E-state index contributed by atoms with van der Waals surface area (Å²) < 4.78 is 11.6. The summed E-state index contributed by atoms with van der Waals surface area (Å²) in [6.07, 6.45) is 22.6. The zero-order chi connectivity index (χ0) is 32.3. The van der Waals surface area contributed by atoms with Gasteiger partial charge in [0.1, 0.15) is 0 Å². The van der Waals surface area contributed by atoms with Crippen LogP contribution in [0, 0.1) is 0 Å². The third-order valence-corrected chi connectivity index (χ3v) is 16.7. The first-order valence-corrected chi connectivity index (χ1v) is 25.6. The molecule has 256 valence electrons. The van der Waals surface area contributed by atoms with Crippen molar-refractivity contribution in [3.8, 4) is 0 Å². The van der Waals surface area contributed by atoms with Crippen LogP contribution in [0.4, 0.5) is 0 Å². The molecule has 0 rings (SSSR count). The van der Waals surface area contributed by atoms with Crippen LogP contribution < -0.4 is 9.79 Å². The zero-order valence-electron chi connectivity index (χ0n) is 29.3. The maximum Gasteiger partial charge on any atom is 2.00 e. The van der Waals surface area contributed by atoms with Crippen LogP contribution in [0.1, 0.15) is 184 Å². The van der Waals surface area contributed by atoms with E-state index in [1.807, 2.05) is 0 Å². The van der Waals surface area contributed by atoms with E-state index in [1.165, 1.54) is 87.0 Å². The fraction of sp³-hybridized carbons (Fsp3) is 1.00. The molecule has 0 aromatic rings. The van der Waals surface area contributed by atoms with Crippen molar-refractivity contribution < 1.29 is 38.3 Å². The molecule has 0 aromatic carbocycles. The van der Waals surface area contributed by atoms with Crippen molar-refractivity contribution in [2.45, 2.75) is 207 Å². The quantitative estimate of drug-likeness (QED) is 0.0443. The van der Waals surface area contributed by atoms with Gasteiger partial charge in [0.05, 0.1) is 12.2 Å². The van der Waals surface area contributed by atoms with Crippen molar-refractivity contribution in [3.05, 3.63) is 0 Å². The van der Waals surface area contributed by atoms with Gasteiger partial charge in [0.15, 0.2) is 0 Å². The second-order valence-corrected chi connectivity index (χ2v) is 23.8. The van der Waals surface area contributed by atoms with Crippen LogP contribution in [-0.4, -0.2) is 22.7 Å². The molecular formula is C32H68O4P2S4Zn. The van der Waals surface area contributed by atoms with Gasteiger partial charge in [0.2, 0.25) is 0 Å². The molecule has 0 fully saturated rings. The third kappa shape index (κ3) is 31.5. The Balaban J connectivity index is -0.000000727. The summed E-state index contributed by atoms with van der Waals surface area (Å²) in [6.45, 7) is 17.3. The Morgan fingerprint density at radius 3 is 1.00 bits per heavy atom. The molecule has 0 aliphatic heterocycles. The summed E-state index contributed by atoms with van der Waals surface area (Å²) in [4.78, 5) is 25.1. The van der Waals surface area contributed by atoms with E-state index in [2.05, 4.69) is 55.4 Å². The van der Waals surface area contributed by atoms with Gasteiger partial charge in [-0.3, -0.25) is 0 Å². The van der Waals surface area contributed by atoms with E-state index in [0.717, 1.165) is 64.2 Å². The van der Waals surface area contributed by atoms with Crippen LogP contribution in [0.25, 0.3) is 0 Å². The SMILES string of the molecule is CCCCCC(CC)OP([O-])(=S)SC(CC)CCCCC.CCCCCC(CC)OP([O-])(=S)SC(CC)CCCCC.[Zn+2]. The largest absolute Gasteiger partial charge is 2.00 e. The van der Waals surface area contributed by atoms with Crippen LogP contribution in [-0.2, 0) is 52.1 Å². The van der Waals surface area contributed by atoms with Gasteiger partial charge in [-0.1, -0.05) is 156 Å². The molecule has 0 heterocycles. The normalized spacial score (nSPS) is 17.0. The Morgan fingerprint density at radius 1 is 0.488 bits per heavy atom. The maximum atomic E-state index is 12.6. The molecule has 0 saturated heterocycles. The Labute approximate surface area is 300 Å². The zero-order valence-corrected chi connectivity index (χ0v) is 37.3. The van der Waals surface area contributed by atoms with Crippen molar-refractivity contribution in [2.24, 2.45) is 0 Å². The van der Waals surface area contributed by atoms with E-state index >= 15 is 0 Å². The summed E-state index contributed by atoms with van der Waals surface area (Å²) in [7, 11) is 0. The molecule has 0 bridgehead atoms. The summed E-state index contributed by atoms with van der Waals surface area (Å²) in [5, 5.41) is 0.765. The van der Waals surface area contributed by atoms with Gasteiger partial charge in [0, 0.05) is 21.9 Å². The van der Waals surface area contributed by atoms with Crippen LogP contribution in [0.2, 0.25) is 0 Å². The summed E-state index contributed by atoms with van der Waals surface area (Å²) in [5.41, 5.74) is -5.87. The minimum atomic E-state index is -2.94. The second kappa shape index (κ2) is 33.0.